The van der Waals surface area contributed by atoms with E-state index >= 15 is 0 Å². The molecule has 2 aromatic heterocycles. The van der Waals surface area contributed by atoms with E-state index in [1.54, 1.807) is 17.0 Å². The Labute approximate surface area is 175 Å². The number of fused-ring (bicyclic) bond motifs is 1. The Kier molecular flexibility index (Phi) is 5.38. The van der Waals surface area contributed by atoms with Crippen molar-refractivity contribution in [3.8, 4) is 0 Å². The minimum Gasteiger partial charge on any atom is -0.397 e. The van der Waals surface area contributed by atoms with Gasteiger partial charge in [0.05, 0.1) is 17.4 Å². The number of nitrogens with zero attached hydrogens (tertiary/aromatic N) is 2. The second-order valence-corrected chi connectivity index (χ2v) is 8.18. The number of anilines is 1. The molecule has 0 saturated carbocycles. The Hall–Kier alpha value is -3.07. The predicted octanol–water partition coefficient (Wildman–Crippen LogP) is 3.88. The van der Waals surface area contributed by atoms with Gasteiger partial charge in [0.15, 0.2) is 0 Å². The molecule has 1 atom stereocenters. The number of pyridine rings is 1. The minimum absolute atomic E-state index is 0.0252. The normalized spacial score (nSPS) is 16.6. The standard InChI is InChI=1S/C21H20F2N4O2S/c1-25-19(28)18-17(24)14-5-6-15(26-20(14)30-18)16-4-2-3-7-27(16)21(29)11-8-12(22)10-13(23)9-11/h5-6,8-10,16H,2-4,7,24H2,1H3,(H,25,28)/t16-/m0/s1. The molecular weight excluding hydrogens is 410 g/mol. The van der Waals surface area contributed by atoms with Crippen molar-refractivity contribution in [1.29, 1.82) is 0 Å². The van der Waals surface area contributed by atoms with E-state index in [-0.39, 0.29) is 17.5 Å². The van der Waals surface area contributed by atoms with Crippen molar-refractivity contribution in [2.45, 2.75) is 25.3 Å². The number of rotatable bonds is 3. The molecule has 9 heteroatoms. The maximum Gasteiger partial charge on any atom is 0.263 e. The first kappa shape index (κ1) is 20.2. The first-order chi connectivity index (χ1) is 14.4. The van der Waals surface area contributed by atoms with Crippen LogP contribution in [-0.4, -0.2) is 35.3 Å². The highest BCUT2D eigenvalue weighted by Crippen LogP contribution is 2.36. The van der Waals surface area contributed by atoms with E-state index < -0.39 is 17.5 Å². The highest BCUT2D eigenvalue weighted by atomic mass is 32.1. The van der Waals surface area contributed by atoms with Crippen LogP contribution in [0.5, 0.6) is 0 Å². The van der Waals surface area contributed by atoms with Crippen LogP contribution in [0.3, 0.4) is 0 Å². The zero-order chi connectivity index (χ0) is 21.4. The molecule has 0 aliphatic carbocycles. The lowest BCUT2D eigenvalue weighted by Gasteiger charge is -2.35. The summed E-state index contributed by atoms with van der Waals surface area (Å²) in [5, 5.41) is 3.24. The molecule has 1 aliphatic rings. The number of thiophene rings is 1. The minimum atomic E-state index is -0.790. The van der Waals surface area contributed by atoms with Crippen LogP contribution < -0.4 is 11.1 Å². The highest BCUT2D eigenvalue weighted by Gasteiger charge is 2.30. The van der Waals surface area contributed by atoms with Gasteiger partial charge in [0, 0.05) is 30.6 Å². The van der Waals surface area contributed by atoms with Gasteiger partial charge in [0.2, 0.25) is 0 Å². The number of hydrogen-bond donors (Lipinski definition) is 2. The van der Waals surface area contributed by atoms with Gasteiger partial charge in [0.25, 0.3) is 11.8 Å². The molecule has 0 unspecified atom stereocenters. The zero-order valence-corrected chi connectivity index (χ0v) is 17.1. The van der Waals surface area contributed by atoms with E-state index in [2.05, 4.69) is 10.3 Å². The van der Waals surface area contributed by atoms with Crippen LogP contribution in [0.15, 0.2) is 30.3 Å². The van der Waals surface area contributed by atoms with Crippen LogP contribution in [0.1, 0.15) is 51.0 Å². The Morgan fingerprint density at radius 1 is 1.20 bits per heavy atom. The molecule has 0 radical (unpaired) electrons. The molecular formula is C21H20F2N4O2S. The van der Waals surface area contributed by atoms with Crippen LogP contribution in [0, 0.1) is 11.6 Å². The fraction of sp³-hybridized carbons (Fsp3) is 0.286. The number of carbonyl (C=O) groups excluding carboxylic acids is 2. The molecule has 1 aliphatic heterocycles. The monoisotopic (exact) mass is 430 g/mol. The van der Waals surface area contributed by atoms with Gasteiger partial charge in [-0.25, -0.2) is 13.8 Å². The molecule has 2 amide bonds. The van der Waals surface area contributed by atoms with Gasteiger partial charge < -0.3 is 16.0 Å². The first-order valence-corrected chi connectivity index (χ1v) is 10.4. The maximum absolute atomic E-state index is 13.6. The third kappa shape index (κ3) is 3.60. The Balaban J connectivity index is 1.71. The average Bonchev–Trinajstić information content (AvgIpc) is 3.08. The third-order valence-corrected chi connectivity index (χ3v) is 6.38. The van der Waals surface area contributed by atoms with Crippen molar-refractivity contribution >= 4 is 39.1 Å². The van der Waals surface area contributed by atoms with Crippen molar-refractivity contribution in [3.63, 3.8) is 0 Å². The number of benzene rings is 1. The van der Waals surface area contributed by atoms with Crippen LogP contribution in [0.25, 0.3) is 10.2 Å². The first-order valence-electron chi connectivity index (χ1n) is 9.57. The molecule has 30 heavy (non-hydrogen) atoms. The summed E-state index contributed by atoms with van der Waals surface area (Å²) >= 11 is 1.19. The van der Waals surface area contributed by atoms with Crippen LogP contribution >= 0.6 is 11.3 Å². The molecule has 0 spiro atoms. The summed E-state index contributed by atoms with van der Waals surface area (Å²) < 4.78 is 27.2. The fourth-order valence-electron chi connectivity index (χ4n) is 3.80. The molecule has 1 aromatic carbocycles. The third-order valence-electron chi connectivity index (χ3n) is 5.26. The largest absolute Gasteiger partial charge is 0.397 e. The predicted molar refractivity (Wildman–Crippen MR) is 111 cm³/mol. The number of nitrogens with one attached hydrogen (secondary N) is 1. The SMILES string of the molecule is CNC(=O)c1sc2nc([C@@H]3CCCCN3C(=O)c3cc(F)cc(F)c3)ccc2c1N. The van der Waals surface area contributed by atoms with E-state index in [0.29, 0.717) is 39.4 Å². The summed E-state index contributed by atoms with van der Waals surface area (Å²) in [6.45, 7) is 0.470. The number of piperidine rings is 1. The van der Waals surface area contributed by atoms with Crippen molar-refractivity contribution in [2.24, 2.45) is 0 Å². The topological polar surface area (TPSA) is 88.3 Å². The molecule has 6 nitrogen and oxygen atoms in total. The van der Waals surface area contributed by atoms with Crippen molar-refractivity contribution < 1.29 is 18.4 Å². The van der Waals surface area contributed by atoms with Crippen LogP contribution in [-0.2, 0) is 0 Å². The summed E-state index contributed by atoms with van der Waals surface area (Å²) in [7, 11) is 1.53. The number of nitrogens with two attached hydrogens (primary N) is 1. The number of likely N-dealkylation sites (tertiary alicyclic amines) is 1. The molecule has 1 saturated heterocycles. The molecule has 4 rings (SSSR count). The van der Waals surface area contributed by atoms with Crippen molar-refractivity contribution in [1.82, 2.24) is 15.2 Å². The van der Waals surface area contributed by atoms with Gasteiger partial charge in [-0.1, -0.05) is 0 Å². The number of amides is 2. The molecule has 3 aromatic rings. The fourth-order valence-corrected chi connectivity index (χ4v) is 4.85. The molecule has 3 heterocycles. The second kappa shape index (κ2) is 7.98. The molecule has 156 valence electrons. The summed E-state index contributed by atoms with van der Waals surface area (Å²) in [5.41, 5.74) is 7.11. The van der Waals surface area contributed by atoms with E-state index in [9.17, 15) is 18.4 Å². The van der Waals surface area contributed by atoms with E-state index in [1.807, 2.05) is 0 Å². The van der Waals surface area contributed by atoms with Crippen molar-refractivity contribution in [2.75, 3.05) is 19.3 Å². The second-order valence-electron chi connectivity index (χ2n) is 7.18. The lowest BCUT2D eigenvalue weighted by molar-refractivity contribution is 0.0605. The summed E-state index contributed by atoms with van der Waals surface area (Å²) in [6, 6.07) is 6.10. The number of halogens is 2. The quantitative estimate of drug-likeness (QED) is 0.660. The van der Waals surface area contributed by atoms with E-state index in [0.717, 1.165) is 31.0 Å². The summed E-state index contributed by atoms with van der Waals surface area (Å²) in [5.74, 6) is -2.29. The van der Waals surface area contributed by atoms with Gasteiger partial charge >= 0.3 is 0 Å². The van der Waals surface area contributed by atoms with Gasteiger partial charge in [-0.15, -0.1) is 11.3 Å². The number of hydrogen-bond acceptors (Lipinski definition) is 5. The molecule has 3 N–H and O–H groups in total. The lowest BCUT2D eigenvalue weighted by atomic mass is 9.97. The zero-order valence-electron chi connectivity index (χ0n) is 16.2. The molecule has 0 bridgehead atoms. The summed E-state index contributed by atoms with van der Waals surface area (Å²) in [4.78, 5) is 32.3. The Bertz CT molecular complexity index is 1130. The van der Waals surface area contributed by atoms with Crippen molar-refractivity contribution in [3.05, 3.63) is 58.1 Å². The maximum atomic E-state index is 13.6. The van der Waals surface area contributed by atoms with E-state index in [1.165, 1.54) is 18.4 Å². The average molecular weight is 430 g/mol. The van der Waals surface area contributed by atoms with E-state index in [4.69, 9.17) is 5.73 Å². The van der Waals surface area contributed by atoms with Gasteiger partial charge in [-0.2, -0.15) is 0 Å². The van der Waals surface area contributed by atoms with Gasteiger partial charge in [-0.3, -0.25) is 9.59 Å². The smallest absolute Gasteiger partial charge is 0.263 e. The Morgan fingerprint density at radius 3 is 2.63 bits per heavy atom. The highest BCUT2D eigenvalue weighted by molar-refractivity contribution is 7.21. The van der Waals surface area contributed by atoms with Gasteiger partial charge in [0.1, 0.15) is 21.3 Å². The number of aromatic nitrogens is 1. The van der Waals surface area contributed by atoms with Crippen LogP contribution in [0.4, 0.5) is 14.5 Å². The van der Waals surface area contributed by atoms with Crippen LogP contribution in [0.2, 0.25) is 0 Å². The molecule has 1 fully saturated rings. The number of nitrogen functional groups attached to an aromatic ring is 1. The summed E-state index contributed by atoms with van der Waals surface area (Å²) in [6.07, 6.45) is 2.39. The lowest BCUT2D eigenvalue weighted by Crippen LogP contribution is -2.39. The van der Waals surface area contributed by atoms with Gasteiger partial charge in [-0.05, 0) is 43.5 Å². The number of carbonyl (C=O) groups is 2. The Morgan fingerprint density at radius 2 is 1.93 bits per heavy atom.